The van der Waals surface area contributed by atoms with Crippen LogP contribution < -0.4 is 15.0 Å². The number of aromatic nitrogens is 5. The first-order valence-corrected chi connectivity index (χ1v) is 16.2. The van der Waals surface area contributed by atoms with Gasteiger partial charge in [-0.1, -0.05) is 19.1 Å². The molecule has 1 N–H and O–H groups in total. The Kier molecular flexibility index (Phi) is 7.93. The quantitative estimate of drug-likeness (QED) is 0.341. The Hall–Kier alpha value is -4.05. The number of benzene rings is 1. The molecule has 0 radical (unpaired) electrons. The second kappa shape index (κ2) is 12.1. The van der Waals surface area contributed by atoms with Crippen molar-refractivity contribution in [3.8, 4) is 5.75 Å². The highest BCUT2D eigenvalue weighted by atomic mass is 16.5. The lowest BCUT2D eigenvalue weighted by atomic mass is 9.69. The van der Waals surface area contributed by atoms with E-state index in [1.165, 1.54) is 11.1 Å². The minimum absolute atomic E-state index is 0.0223. The predicted octanol–water partition coefficient (Wildman–Crippen LogP) is 4.11. The fourth-order valence-corrected chi connectivity index (χ4v) is 7.45. The van der Waals surface area contributed by atoms with Crippen LogP contribution >= 0.6 is 0 Å². The molecule has 3 aromatic heterocycles. The van der Waals surface area contributed by atoms with Crippen molar-refractivity contribution in [2.75, 3.05) is 44.2 Å². The van der Waals surface area contributed by atoms with Gasteiger partial charge in [-0.3, -0.25) is 9.78 Å². The van der Waals surface area contributed by atoms with Gasteiger partial charge in [-0.15, -0.1) is 0 Å². The summed E-state index contributed by atoms with van der Waals surface area (Å²) in [5, 5.41) is 9.42. The van der Waals surface area contributed by atoms with Crippen molar-refractivity contribution >= 4 is 22.8 Å². The van der Waals surface area contributed by atoms with Crippen molar-refractivity contribution in [2.24, 2.45) is 5.92 Å². The summed E-state index contributed by atoms with van der Waals surface area (Å²) in [7, 11) is 0. The summed E-state index contributed by atoms with van der Waals surface area (Å²) in [6, 6.07) is 12.7. The third kappa shape index (κ3) is 5.40. The summed E-state index contributed by atoms with van der Waals surface area (Å²) in [6.07, 6.45) is 9.22. The van der Waals surface area contributed by atoms with E-state index in [0.29, 0.717) is 32.1 Å². The van der Waals surface area contributed by atoms with Crippen molar-refractivity contribution in [1.82, 2.24) is 34.9 Å². The molecule has 4 aromatic rings. The van der Waals surface area contributed by atoms with Gasteiger partial charge < -0.3 is 19.9 Å². The van der Waals surface area contributed by atoms with Crippen LogP contribution in [0.5, 0.6) is 5.75 Å². The minimum Gasteiger partial charge on any atom is -0.494 e. The zero-order valence-corrected chi connectivity index (χ0v) is 25.8. The van der Waals surface area contributed by atoms with E-state index in [4.69, 9.17) is 9.72 Å². The van der Waals surface area contributed by atoms with Gasteiger partial charge in [-0.25, -0.2) is 14.6 Å². The molecule has 1 saturated carbocycles. The smallest absolute Gasteiger partial charge is 0.225 e. The van der Waals surface area contributed by atoms with Crippen molar-refractivity contribution in [3.63, 3.8) is 0 Å². The van der Waals surface area contributed by atoms with Gasteiger partial charge in [0, 0.05) is 49.9 Å². The highest BCUT2D eigenvalue weighted by molar-refractivity contribution is 5.87. The summed E-state index contributed by atoms with van der Waals surface area (Å²) >= 11 is 0. The number of rotatable bonds is 7. The SMILES string of the molecule is CCOc1ccc2c(c1)CCN[C@]21CC[C@@H](C(=O)N2CCN(c3ncnc4c3cnn4Cc3cccc(CC)n3)CC2)CC1. The maximum Gasteiger partial charge on any atom is 0.225 e. The molecule has 1 amide bonds. The first kappa shape index (κ1) is 28.7. The van der Waals surface area contributed by atoms with Crippen molar-refractivity contribution in [2.45, 2.75) is 64.5 Å². The topological polar surface area (TPSA) is 101 Å². The van der Waals surface area contributed by atoms with Crippen LogP contribution in [-0.4, -0.2) is 74.9 Å². The van der Waals surface area contributed by atoms with Gasteiger partial charge in [0.25, 0.3) is 0 Å². The molecule has 7 rings (SSSR count). The third-order valence-electron chi connectivity index (χ3n) is 9.79. The number of piperazine rings is 1. The maximum atomic E-state index is 13.7. The monoisotopic (exact) mass is 594 g/mol. The highest BCUT2D eigenvalue weighted by Gasteiger charge is 2.42. The van der Waals surface area contributed by atoms with Gasteiger partial charge in [0.05, 0.1) is 30.4 Å². The minimum atomic E-state index is -0.0223. The average molecular weight is 595 g/mol. The summed E-state index contributed by atoms with van der Waals surface area (Å²) in [6.45, 7) is 9.26. The Morgan fingerprint density at radius 3 is 2.66 bits per heavy atom. The summed E-state index contributed by atoms with van der Waals surface area (Å²) in [5.41, 5.74) is 5.61. The van der Waals surface area contributed by atoms with Crippen LogP contribution in [0.1, 0.15) is 62.0 Å². The van der Waals surface area contributed by atoms with Crippen molar-refractivity contribution in [3.05, 3.63) is 71.4 Å². The summed E-state index contributed by atoms with van der Waals surface area (Å²) in [4.78, 5) is 32.0. The van der Waals surface area contributed by atoms with Crippen LogP contribution in [0.25, 0.3) is 11.0 Å². The number of amides is 1. The number of pyridine rings is 1. The fourth-order valence-electron chi connectivity index (χ4n) is 7.45. The zero-order chi connectivity index (χ0) is 30.1. The fraction of sp³-hybridized carbons (Fsp3) is 0.500. The molecule has 1 saturated heterocycles. The van der Waals surface area contributed by atoms with E-state index in [2.05, 4.69) is 55.3 Å². The first-order valence-electron chi connectivity index (χ1n) is 16.2. The molecular formula is C34H42N8O2. The molecular weight excluding hydrogens is 552 g/mol. The van der Waals surface area contributed by atoms with Crippen LogP contribution in [0.2, 0.25) is 0 Å². The Morgan fingerprint density at radius 2 is 1.86 bits per heavy atom. The van der Waals surface area contributed by atoms with E-state index in [9.17, 15) is 4.79 Å². The lowest BCUT2D eigenvalue weighted by molar-refractivity contribution is -0.137. The van der Waals surface area contributed by atoms with Gasteiger partial charge in [-0.05, 0) is 80.8 Å². The molecule has 5 heterocycles. The van der Waals surface area contributed by atoms with Crippen LogP contribution in [-0.2, 0) is 29.7 Å². The molecule has 0 atom stereocenters. The van der Waals surface area contributed by atoms with Gasteiger partial charge >= 0.3 is 0 Å². The number of anilines is 1. The Morgan fingerprint density at radius 1 is 1.05 bits per heavy atom. The summed E-state index contributed by atoms with van der Waals surface area (Å²) < 4.78 is 7.66. The highest BCUT2D eigenvalue weighted by Crippen LogP contribution is 2.44. The van der Waals surface area contributed by atoms with Crippen LogP contribution in [0.15, 0.2) is 48.9 Å². The Labute approximate surface area is 258 Å². The molecule has 0 bridgehead atoms. The molecule has 1 spiro atoms. The number of carbonyl (C=O) groups excluding carboxylic acids is 1. The molecule has 44 heavy (non-hydrogen) atoms. The van der Waals surface area contributed by atoms with E-state index in [-0.39, 0.29) is 11.5 Å². The lowest BCUT2D eigenvalue weighted by Gasteiger charge is -2.46. The number of ether oxygens (including phenoxy) is 1. The van der Waals surface area contributed by atoms with Crippen LogP contribution in [0.3, 0.4) is 0 Å². The number of hydrogen-bond acceptors (Lipinski definition) is 8. The van der Waals surface area contributed by atoms with E-state index in [1.807, 2.05) is 36.0 Å². The molecule has 0 unspecified atom stereocenters. The van der Waals surface area contributed by atoms with Gasteiger partial charge in [0.2, 0.25) is 5.91 Å². The molecule has 1 aliphatic carbocycles. The number of nitrogens with one attached hydrogen (secondary N) is 1. The molecule has 1 aromatic carbocycles. The van der Waals surface area contributed by atoms with Crippen LogP contribution in [0.4, 0.5) is 5.82 Å². The Balaban J connectivity index is 0.979. The largest absolute Gasteiger partial charge is 0.494 e. The first-order chi connectivity index (χ1) is 21.6. The van der Waals surface area contributed by atoms with E-state index in [1.54, 1.807) is 6.33 Å². The van der Waals surface area contributed by atoms with Gasteiger partial charge in [0.1, 0.15) is 17.9 Å². The van der Waals surface area contributed by atoms with E-state index >= 15 is 0 Å². The molecule has 230 valence electrons. The number of hydrogen-bond donors (Lipinski definition) is 1. The maximum absolute atomic E-state index is 13.7. The Bertz CT molecular complexity index is 1640. The lowest BCUT2D eigenvalue weighted by Crippen LogP contribution is -2.53. The number of nitrogens with zero attached hydrogens (tertiary/aromatic N) is 7. The molecule has 2 fully saturated rings. The zero-order valence-electron chi connectivity index (χ0n) is 25.8. The molecule has 2 aliphatic heterocycles. The molecule has 10 nitrogen and oxygen atoms in total. The second-order valence-corrected chi connectivity index (χ2v) is 12.3. The van der Waals surface area contributed by atoms with Crippen molar-refractivity contribution < 1.29 is 9.53 Å². The van der Waals surface area contributed by atoms with E-state index < -0.39 is 0 Å². The van der Waals surface area contributed by atoms with E-state index in [0.717, 1.165) is 92.1 Å². The normalized spacial score (nSPS) is 21.9. The molecule has 3 aliphatic rings. The predicted molar refractivity (Wildman–Crippen MR) is 170 cm³/mol. The second-order valence-electron chi connectivity index (χ2n) is 12.3. The van der Waals surface area contributed by atoms with Gasteiger partial charge in [-0.2, -0.15) is 5.10 Å². The molecule has 10 heteroatoms. The number of aryl methyl sites for hydroxylation is 1. The number of fused-ring (bicyclic) bond motifs is 3. The standard InChI is InChI=1S/C34H42N8O2/c1-3-26-6-5-7-27(39-26)22-42-32-29(21-38-42)31(35-23-36-32)40-16-18-41(19-17-40)33(43)24-10-13-34(14-11-24)30-9-8-28(44-4-2)20-25(30)12-15-37-34/h5-9,20-21,23-24,37H,3-4,10-19,22H2,1-2H3/t24-,34+. The average Bonchev–Trinajstić information content (AvgIpc) is 3.48. The van der Waals surface area contributed by atoms with Crippen LogP contribution in [0, 0.1) is 5.92 Å². The van der Waals surface area contributed by atoms with Crippen molar-refractivity contribution in [1.29, 1.82) is 0 Å². The number of carbonyl (C=O) groups is 1. The summed E-state index contributed by atoms with van der Waals surface area (Å²) in [5.74, 6) is 2.24. The third-order valence-corrected chi connectivity index (χ3v) is 9.79. The van der Waals surface area contributed by atoms with Gasteiger partial charge in [0.15, 0.2) is 5.65 Å².